The standard InChI is InChI=1S/C37H22F6N4.C27H40N2.C15H12F6N2.C12H8Cl2.BF3.FH/c38-36(39,40)35(37(41,42)43,23-9-13-25(14-10-23)46-31-7-3-1-5-27(31)29-21-44-19-17-33(29)46)24-11-15-26(16-12-24)47-32-8-4-2-6-28(32)30-22-45-20-18-34(30)47;1-18(2)22-11-9-12-23(19(3)4)26(22)28-15-16-29(17-28)27-24(20(5)6)13-10-14-25(27)21(7)8;16-14(17,18)13(15(19,20)21,9-1-5-11(22)6-2-9)10-3-7-12(23)8-4-10;13-11-7-3-1-5-9(11)10-6-2-4-8-12(10)14;2-1(3)4;/h1-22H;9-14,18-21H,15-17H2,1-8H3;1-8H,22-23H2;1-8H;;1H/p-1. The molecule has 0 bridgehead atoms. The first-order chi connectivity index (χ1) is 55.3. The zero-order valence-corrected chi connectivity index (χ0v) is 66.6. The summed E-state index contributed by atoms with van der Waals surface area (Å²) in [5.41, 5.74) is 13.2. The number of hydrogen-bond donors (Lipinski definition) is 2. The van der Waals surface area contributed by atoms with E-state index in [4.69, 9.17) is 34.7 Å². The maximum atomic E-state index is 15.1. The van der Waals surface area contributed by atoms with Crippen LogP contribution < -0.4 is 26.0 Å². The third-order valence-electron chi connectivity index (χ3n) is 20.8. The number of alkyl halides is 12. The predicted molar refractivity (Wildman–Crippen MR) is 444 cm³/mol. The molecule has 8 nitrogen and oxygen atoms in total. The second kappa shape index (κ2) is 36.4. The maximum absolute atomic E-state index is 15.1. The minimum atomic E-state index is -5.72. The highest BCUT2D eigenvalue weighted by Crippen LogP contribution is 2.58. The van der Waals surface area contributed by atoms with Crippen molar-refractivity contribution in [2.75, 3.05) is 41.0 Å². The largest absolute Gasteiger partial charge is 1.00 e. The molecule has 10 aromatic carbocycles. The van der Waals surface area contributed by atoms with Crippen molar-refractivity contribution in [2.24, 2.45) is 0 Å². The molecule has 4 N–H and O–H groups in total. The van der Waals surface area contributed by atoms with Crippen molar-refractivity contribution in [2.45, 2.75) is 115 Å². The average molecular weight is 1670 g/mol. The molecule has 27 heteroatoms. The van der Waals surface area contributed by atoms with Gasteiger partial charge < -0.3 is 35.1 Å². The molecular formula is C91H82BCl2F16N8-. The summed E-state index contributed by atoms with van der Waals surface area (Å²) < 4.78 is 205. The Kier molecular flexibility index (Phi) is 27.5. The molecule has 1 aliphatic heterocycles. The first-order valence-corrected chi connectivity index (χ1v) is 38.1. The summed E-state index contributed by atoms with van der Waals surface area (Å²) in [6.07, 6.45) is -16.1. The number of fused-ring (bicyclic) bond motifs is 6. The Bertz CT molecular complexity index is 5220. The monoisotopic (exact) mass is 1670 g/mol. The third kappa shape index (κ3) is 17.8. The second-order valence-corrected chi connectivity index (χ2v) is 30.2. The van der Waals surface area contributed by atoms with Gasteiger partial charge in [0, 0.05) is 115 Å². The van der Waals surface area contributed by atoms with Gasteiger partial charge >= 0.3 is 32.2 Å². The minimum Gasteiger partial charge on any atom is -1.00 e. The SMILES string of the molecule is CC(C)c1cccc(C(C)C)c1N1CCN(c2c(C(C)C)cccc2C(C)C)C1.Clc1ccccc1-c1ccccc1Cl.FB(F)F.FC(F)(F)C(c1ccc(-n2c3ccccc3c3cnccc32)cc1)(c1ccc(-n2c3ccccc3c3cnccc32)cc1)C(F)(F)F.Nc1ccc(C(c2ccc(N)cc2)(C(F)(F)F)C(F)(F)F)cc1.[F-]. The molecule has 5 heterocycles. The zero-order chi connectivity index (χ0) is 84.9. The van der Waals surface area contributed by atoms with Crippen molar-refractivity contribution >= 4 is 97.1 Å². The quantitative estimate of drug-likeness (QED) is 0.0679. The predicted octanol–water partition coefficient (Wildman–Crippen LogP) is 24.4. The van der Waals surface area contributed by atoms with Crippen molar-refractivity contribution in [3.8, 4) is 22.5 Å². The summed E-state index contributed by atoms with van der Waals surface area (Å²) in [4.78, 5) is 13.6. The fourth-order valence-electron chi connectivity index (χ4n) is 15.4. The molecular weight excluding hydrogens is 1590 g/mol. The molecule has 15 rings (SSSR count). The van der Waals surface area contributed by atoms with E-state index < -0.39 is 65.3 Å². The van der Waals surface area contributed by atoms with Gasteiger partial charge in [0.15, 0.2) is 0 Å². The summed E-state index contributed by atoms with van der Waals surface area (Å²) in [6.45, 7) is 21.7. The number of para-hydroxylation sites is 4. The lowest BCUT2D eigenvalue weighted by molar-refractivity contribution is -0.290. The summed E-state index contributed by atoms with van der Waals surface area (Å²) in [7, 11) is -3.67. The molecule has 0 amide bonds. The van der Waals surface area contributed by atoms with Gasteiger partial charge in [-0.05, 0) is 153 Å². The van der Waals surface area contributed by atoms with Crippen LogP contribution >= 0.6 is 23.2 Å². The number of rotatable bonds is 13. The molecule has 0 aliphatic carbocycles. The molecule has 118 heavy (non-hydrogen) atoms. The molecule has 1 aliphatic rings. The lowest BCUT2D eigenvalue weighted by Gasteiger charge is -2.38. The molecule has 14 aromatic rings. The number of nitrogens with zero attached hydrogens (tertiary/aromatic N) is 6. The van der Waals surface area contributed by atoms with Crippen LogP contribution in [0.25, 0.3) is 66.1 Å². The van der Waals surface area contributed by atoms with Crippen LogP contribution in [0.2, 0.25) is 10.0 Å². The van der Waals surface area contributed by atoms with Crippen molar-refractivity contribution < 1.29 is 70.3 Å². The number of pyridine rings is 2. The Morgan fingerprint density at radius 1 is 0.339 bits per heavy atom. The Morgan fingerprint density at radius 2 is 0.602 bits per heavy atom. The highest BCUT2D eigenvalue weighted by atomic mass is 35.5. The fourth-order valence-corrected chi connectivity index (χ4v) is 15.9. The molecule has 616 valence electrons. The lowest BCUT2D eigenvalue weighted by Crippen LogP contribution is -3.00. The van der Waals surface area contributed by atoms with E-state index in [9.17, 15) is 39.3 Å². The molecule has 1 saturated heterocycles. The van der Waals surface area contributed by atoms with Gasteiger partial charge in [-0.15, -0.1) is 0 Å². The smallest absolute Gasteiger partial charge is 0.762 e. The van der Waals surface area contributed by atoms with Gasteiger partial charge in [0.25, 0.3) is 0 Å². The van der Waals surface area contributed by atoms with Crippen molar-refractivity contribution in [1.82, 2.24) is 19.1 Å². The molecule has 0 atom stereocenters. The normalized spacial score (nSPS) is 12.8. The fraction of sp³-hybridized carbons (Fsp3) is 0.231. The van der Waals surface area contributed by atoms with E-state index in [1.807, 2.05) is 97.1 Å². The number of nitrogens with two attached hydrogens (primary N) is 2. The minimum absolute atomic E-state index is 0. The average Bonchev–Trinajstić information content (AvgIpc) is 1.36. The highest BCUT2D eigenvalue weighted by Gasteiger charge is 2.73. The van der Waals surface area contributed by atoms with Gasteiger partial charge in [-0.1, -0.05) is 236 Å². The number of anilines is 4. The van der Waals surface area contributed by atoms with Crippen LogP contribution in [0.3, 0.4) is 0 Å². The molecule has 1 fully saturated rings. The first-order valence-electron chi connectivity index (χ1n) is 37.4. The Morgan fingerprint density at radius 3 is 0.881 bits per heavy atom. The summed E-state index contributed by atoms with van der Waals surface area (Å²) >= 11 is 12.1. The maximum Gasteiger partial charge on any atom is 0.762 e. The van der Waals surface area contributed by atoms with Crippen LogP contribution in [-0.4, -0.2) is 71.1 Å². The molecule has 0 radical (unpaired) electrons. The van der Waals surface area contributed by atoms with Crippen LogP contribution in [0, 0.1) is 0 Å². The summed E-state index contributed by atoms with van der Waals surface area (Å²) in [5, 5.41) is 4.79. The van der Waals surface area contributed by atoms with Gasteiger partial charge in [-0.3, -0.25) is 22.9 Å². The van der Waals surface area contributed by atoms with Crippen LogP contribution in [-0.2, 0) is 10.8 Å². The van der Waals surface area contributed by atoms with Crippen LogP contribution in [0.15, 0.2) is 267 Å². The Labute approximate surface area is 683 Å². The molecule has 0 saturated carbocycles. The van der Waals surface area contributed by atoms with Crippen molar-refractivity contribution in [1.29, 1.82) is 0 Å². The first kappa shape index (κ1) is 89.2. The van der Waals surface area contributed by atoms with E-state index >= 15 is 26.3 Å². The van der Waals surface area contributed by atoms with Crippen molar-refractivity contribution in [3.63, 3.8) is 0 Å². The number of benzene rings is 10. The van der Waals surface area contributed by atoms with E-state index in [2.05, 4.69) is 112 Å². The lowest BCUT2D eigenvalue weighted by atomic mass is 9.73. The van der Waals surface area contributed by atoms with E-state index in [1.165, 1.54) is 57.9 Å². The topological polar surface area (TPSA) is 94.2 Å². The van der Waals surface area contributed by atoms with Gasteiger partial charge in [0.2, 0.25) is 10.8 Å². The number of nitrogen functional groups attached to an aromatic ring is 2. The summed E-state index contributed by atoms with van der Waals surface area (Å²) in [5.74, 6) is 2.14. The van der Waals surface area contributed by atoms with Crippen molar-refractivity contribution in [3.05, 3.63) is 322 Å². The van der Waals surface area contributed by atoms with Gasteiger partial charge in [-0.2, -0.15) is 52.7 Å². The van der Waals surface area contributed by atoms with Gasteiger partial charge in [0.05, 0.1) is 28.7 Å². The van der Waals surface area contributed by atoms with E-state index in [1.54, 1.807) is 46.1 Å². The highest BCUT2D eigenvalue weighted by molar-refractivity contribution is 6.36. The number of halogens is 18. The van der Waals surface area contributed by atoms with Crippen LogP contribution in [0.5, 0.6) is 0 Å². The molecule has 0 spiro atoms. The Balaban J connectivity index is 0.000000177. The molecule has 0 unspecified atom stereocenters. The van der Waals surface area contributed by atoms with Crippen LogP contribution in [0.4, 0.5) is 88.4 Å². The van der Waals surface area contributed by atoms with E-state index in [0.717, 1.165) is 157 Å². The number of aromatic nitrogens is 4. The van der Waals surface area contributed by atoms with E-state index in [0.29, 0.717) is 35.0 Å². The summed E-state index contributed by atoms with van der Waals surface area (Å²) in [6, 6.07) is 63.3. The Hall–Kier alpha value is -11.2. The second-order valence-electron chi connectivity index (χ2n) is 29.4. The molecule has 4 aromatic heterocycles. The number of hydrogen-bond acceptors (Lipinski definition) is 6. The van der Waals surface area contributed by atoms with Gasteiger partial charge in [-0.25, -0.2) is 0 Å². The zero-order valence-electron chi connectivity index (χ0n) is 65.1. The van der Waals surface area contributed by atoms with Crippen LogP contribution in [0.1, 0.15) is 124 Å². The van der Waals surface area contributed by atoms with Gasteiger partial charge in [0.1, 0.15) is 0 Å². The third-order valence-corrected chi connectivity index (χ3v) is 21.4. The van der Waals surface area contributed by atoms with E-state index in [-0.39, 0.29) is 16.1 Å².